The van der Waals surface area contributed by atoms with Crippen LogP contribution in [0.4, 0.5) is 18.9 Å². The molecule has 0 heterocycles. The minimum Gasteiger partial charge on any atom is -0.326 e. The van der Waals surface area contributed by atoms with E-state index >= 15 is 0 Å². The number of hydrogen-bond acceptors (Lipinski definition) is 2. The first-order valence-corrected chi connectivity index (χ1v) is 7.62. The van der Waals surface area contributed by atoms with Crippen LogP contribution in [0, 0.1) is 17.8 Å². The van der Waals surface area contributed by atoms with Crippen molar-refractivity contribution >= 4 is 24.0 Å². The molecule has 3 N–H and O–H groups in total. The normalized spacial score (nSPS) is 26.0. The predicted octanol–water partition coefficient (Wildman–Crippen LogP) is 3.96. The number of halogens is 4. The lowest BCUT2D eigenvalue weighted by molar-refractivity contribution is -0.137. The van der Waals surface area contributed by atoms with Crippen LogP contribution in [-0.2, 0) is 17.5 Å². The van der Waals surface area contributed by atoms with E-state index in [1.165, 1.54) is 6.07 Å². The summed E-state index contributed by atoms with van der Waals surface area (Å²) < 4.78 is 38.6. The van der Waals surface area contributed by atoms with Crippen molar-refractivity contribution in [1.29, 1.82) is 0 Å². The Morgan fingerprint density at radius 3 is 2.30 bits per heavy atom. The van der Waals surface area contributed by atoms with Gasteiger partial charge in [0.05, 0.1) is 5.56 Å². The molecule has 0 aromatic heterocycles. The summed E-state index contributed by atoms with van der Waals surface area (Å²) in [6, 6.07) is 3.51. The molecule has 0 bridgehead atoms. The molecule has 128 valence electrons. The minimum atomic E-state index is -4.45. The van der Waals surface area contributed by atoms with Gasteiger partial charge in [-0.15, -0.1) is 12.4 Å². The summed E-state index contributed by atoms with van der Waals surface area (Å²) >= 11 is 0. The van der Waals surface area contributed by atoms with E-state index in [2.05, 4.69) is 5.32 Å². The zero-order valence-electron chi connectivity index (χ0n) is 12.5. The van der Waals surface area contributed by atoms with Gasteiger partial charge < -0.3 is 11.1 Å². The van der Waals surface area contributed by atoms with E-state index in [9.17, 15) is 18.0 Å². The molecule has 2 unspecified atom stereocenters. The summed E-state index contributed by atoms with van der Waals surface area (Å²) in [6.45, 7) is 0.00146. The van der Waals surface area contributed by atoms with Gasteiger partial charge in [-0.05, 0) is 48.4 Å². The van der Waals surface area contributed by atoms with Gasteiger partial charge in [-0.1, -0.05) is 12.8 Å². The Morgan fingerprint density at radius 2 is 1.78 bits per heavy atom. The maximum Gasteiger partial charge on any atom is 0.416 e. The van der Waals surface area contributed by atoms with Crippen molar-refractivity contribution in [3.8, 4) is 0 Å². The summed E-state index contributed by atoms with van der Waals surface area (Å²) in [5, 5.41) is 2.65. The van der Waals surface area contributed by atoms with Crippen molar-refractivity contribution in [2.24, 2.45) is 23.5 Å². The molecular weight excluding hydrogens is 329 g/mol. The summed E-state index contributed by atoms with van der Waals surface area (Å²) in [4.78, 5) is 12.3. The SMILES string of the molecule is Cl.NCc1cc(NC(=O)C2C3CCCCC32)cc(C(F)(F)F)c1. The Balaban J connectivity index is 0.00000192. The average molecular weight is 349 g/mol. The molecule has 2 aliphatic carbocycles. The Morgan fingerprint density at radius 1 is 1.17 bits per heavy atom. The van der Waals surface area contributed by atoms with E-state index < -0.39 is 11.7 Å². The number of carbonyl (C=O) groups excluding carboxylic acids is 1. The van der Waals surface area contributed by atoms with Gasteiger partial charge in [-0.2, -0.15) is 13.2 Å². The van der Waals surface area contributed by atoms with E-state index in [4.69, 9.17) is 5.73 Å². The van der Waals surface area contributed by atoms with Crippen molar-refractivity contribution < 1.29 is 18.0 Å². The van der Waals surface area contributed by atoms with Gasteiger partial charge in [0.25, 0.3) is 0 Å². The maximum atomic E-state index is 12.9. The molecule has 0 spiro atoms. The molecule has 1 aromatic carbocycles. The van der Waals surface area contributed by atoms with Crippen molar-refractivity contribution in [2.75, 3.05) is 5.32 Å². The highest BCUT2D eigenvalue weighted by atomic mass is 35.5. The molecule has 2 aliphatic rings. The second kappa shape index (κ2) is 6.69. The number of nitrogens with two attached hydrogens (primary N) is 1. The van der Waals surface area contributed by atoms with Gasteiger partial charge in [0.2, 0.25) is 5.91 Å². The molecule has 0 aliphatic heterocycles. The average Bonchev–Trinajstić information content (AvgIpc) is 3.20. The number of amides is 1. The molecular formula is C16H20ClF3N2O. The van der Waals surface area contributed by atoms with Crippen molar-refractivity contribution in [2.45, 2.75) is 38.4 Å². The van der Waals surface area contributed by atoms with E-state index in [1.807, 2.05) is 0 Å². The molecule has 3 rings (SSSR count). The minimum absolute atomic E-state index is 0. The molecule has 2 fully saturated rings. The van der Waals surface area contributed by atoms with Crippen LogP contribution < -0.4 is 11.1 Å². The Labute approximate surface area is 139 Å². The van der Waals surface area contributed by atoms with Gasteiger partial charge >= 0.3 is 6.18 Å². The molecule has 2 saturated carbocycles. The molecule has 0 saturated heterocycles. The van der Waals surface area contributed by atoms with Crippen LogP contribution in [0.1, 0.15) is 36.8 Å². The standard InChI is InChI=1S/C16H19F3N2O.ClH/c17-16(18,19)10-5-9(8-20)6-11(7-10)21-15(22)14-12-3-1-2-4-13(12)14;/h5-7,12-14H,1-4,8,20H2,(H,21,22);1H. The number of benzene rings is 1. The van der Waals surface area contributed by atoms with Crippen molar-refractivity contribution in [3.05, 3.63) is 29.3 Å². The monoisotopic (exact) mass is 348 g/mol. The van der Waals surface area contributed by atoms with E-state index in [-0.39, 0.29) is 36.5 Å². The second-order valence-corrected chi connectivity index (χ2v) is 6.25. The first-order valence-electron chi connectivity index (χ1n) is 7.62. The fourth-order valence-corrected chi connectivity index (χ4v) is 3.65. The lowest BCUT2D eigenvalue weighted by Crippen LogP contribution is -2.17. The first kappa shape index (κ1) is 18.1. The molecule has 1 amide bonds. The Kier molecular flexibility index (Phi) is 5.26. The molecule has 7 heteroatoms. The van der Waals surface area contributed by atoms with Crippen molar-refractivity contribution in [3.63, 3.8) is 0 Å². The number of alkyl halides is 3. The summed E-state index contributed by atoms with van der Waals surface area (Å²) in [7, 11) is 0. The van der Waals surface area contributed by atoms with Crippen LogP contribution in [0.3, 0.4) is 0 Å². The smallest absolute Gasteiger partial charge is 0.326 e. The third-order valence-electron chi connectivity index (χ3n) is 4.78. The molecule has 23 heavy (non-hydrogen) atoms. The maximum absolute atomic E-state index is 12.9. The highest BCUT2D eigenvalue weighted by Gasteiger charge is 2.54. The highest BCUT2D eigenvalue weighted by Crippen LogP contribution is 2.55. The Hall–Kier alpha value is -1.27. The molecule has 3 nitrogen and oxygen atoms in total. The number of fused-ring (bicyclic) bond motifs is 1. The Bertz CT molecular complexity index is 579. The predicted molar refractivity (Wildman–Crippen MR) is 84.2 cm³/mol. The lowest BCUT2D eigenvalue weighted by atomic mass is 10.0. The third kappa shape index (κ3) is 3.80. The second-order valence-electron chi connectivity index (χ2n) is 6.25. The summed E-state index contributed by atoms with van der Waals surface area (Å²) in [5.41, 5.74) is 5.21. The zero-order chi connectivity index (χ0) is 15.9. The quantitative estimate of drug-likeness (QED) is 0.868. The van der Waals surface area contributed by atoms with Crippen LogP contribution in [-0.4, -0.2) is 5.91 Å². The zero-order valence-corrected chi connectivity index (χ0v) is 13.3. The van der Waals surface area contributed by atoms with E-state index in [0.717, 1.165) is 37.8 Å². The molecule has 0 radical (unpaired) electrons. The molecule has 1 aromatic rings. The van der Waals surface area contributed by atoms with Gasteiger partial charge in [-0.3, -0.25) is 4.79 Å². The number of carbonyl (C=O) groups is 1. The van der Waals surface area contributed by atoms with Crippen LogP contribution in [0.2, 0.25) is 0 Å². The highest BCUT2D eigenvalue weighted by molar-refractivity contribution is 5.95. The number of rotatable bonds is 3. The van der Waals surface area contributed by atoms with Crippen LogP contribution in [0.15, 0.2) is 18.2 Å². The van der Waals surface area contributed by atoms with Crippen molar-refractivity contribution in [1.82, 2.24) is 0 Å². The molecule has 2 atom stereocenters. The lowest BCUT2D eigenvalue weighted by Gasteiger charge is -2.12. The summed E-state index contributed by atoms with van der Waals surface area (Å²) in [5.74, 6) is 0.666. The number of nitrogens with one attached hydrogen (secondary N) is 1. The van der Waals surface area contributed by atoms with Crippen LogP contribution in [0.5, 0.6) is 0 Å². The van der Waals surface area contributed by atoms with Gasteiger partial charge in [0.15, 0.2) is 0 Å². The topological polar surface area (TPSA) is 55.1 Å². The van der Waals surface area contributed by atoms with Gasteiger partial charge in [0, 0.05) is 18.2 Å². The number of anilines is 1. The fourth-order valence-electron chi connectivity index (χ4n) is 3.65. The third-order valence-corrected chi connectivity index (χ3v) is 4.78. The summed E-state index contributed by atoms with van der Waals surface area (Å²) in [6.07, 6.45) is -0.0470. The van der Waals surface area contributed by atoms with E-state index in [1.54, 1.807) is 0 Å². The van der Waals surface area contributed by atoms with Crippen LogP contribution >= 0.6 is 12.4 Å². The van der Waals surface area contributed by atoms with Gasteiger partial charge in [0.1, 0.15) is 0 Å². The van der Waals surface area contributed by atoms with E-state index in [0.29, 0.717) is 17.4 Å². The fraction of sp³-hybridized carbons (Fsp3) is 0.562. The van der Waals surface area contributed by atoms with Gasteiger partial charge in [-0.25, -0.2) is 0 Å². The first-order chi connectivity index (χ1) is 10.4. The van der Waals surface area contributed by atoms with Crippen LogP contribution in [0.25, 0.3) is 0 Å². The number of hydrogen-bond donors (Lipinski definition) is 2. The largest absolute Gasteiger partial charge is 0.416 e.